The SMILES string of the molecule is O=C(O)CN(C(=O)CCCOc1ccc2c(c1)N=C1NC(=O)CN1C2)C(c1ccccc1)c1ccccc1. The van der Waals surface area contributed by atoms with Crippen LogP contribution in [0, 0.1) is 0 Å². The number of nitrogens with one attached hydrogen (secondary N) is 1. The van der Waals surface area contributed by atoms with E-state index in [1.165, 1.54) is 4.90 Å². The molecule has 9 heteroatoms. The quantitative estimate of drug-likeness (QED) is 0.403. The minimum Gasteiger partial charge on any atom is -0.494 e. The molecule has 1 fully saturated rings. The topological polar surface area (TPSA) is 112 Å². The summed E-state index contributed by atoms with van der Waals surface area (Å²) >= 11 is 0. The maximum Gasteiger partial charge on any atom is 0.323 e. The van der Waals surface area contributed by atoms with E-state index in [1.54, 1.807) is 0 Å². The molecule has 2 aliphatic rings. The number of fused-ring (bicyclic) bond motifs is 2. The zero-order valence-corrected chi connectivity index (χ0v) is 20.7. The molecule has 3 aromatic rings. The molecule has 1 saturated heterocycles. The van der Waals surface area contributed by atoms with Crippen molar-refractivity contribution in [1.29, 1.82) is 0 Å². The second-order valence-electron chi connectivity index (χ2n) is 9.22. The van der Waals surface area contributed by atoms with Gasteiger partial charge in [-0.25, -0.2) is 4.99 Å². The molecule has 38 heavy (non-hydrogen) atoms. The smallest absolute Gasteiger partial charge is 0.323 e. The van der Waals surface area contributed by atoms with Crippen molar-refractivity contribution in [3.8, 4) is 5.75 Å². The Morgan fingerprint density at radius 3 is 2.34 bits per heavy atom. The Labute approximate surface area is 220 Å². The molecule has 0 aliphatic carbocycles. The zero-order valence-electron chi connectivity index (χ0n) is 20.7. The first-order valence-electron chi connectivity index (χ1n) is 12.5. The highest BCUT2D eigenvalue weighted by Crippen LogP contribution is 2.32. The summed E-state index contributed by atoms with van der Waals surface area (Å²) in [6.45, 7) is 0.781. The number of rotatable bonds is 10. The first kappa shape index (κ1) is 25.0. The molecule has 0 aromatic heterocycles. The van der Waals surface area contributed by atoms with Gasteiger partial charge in [0, 0.05) is 19.0 Å². The number of hydrogen-bond acceptors (Lipinski definition) is 6. The van der Waals surface area contributed by atoms with Gasteiger partial charge < -0.3 is 19.6 Å². The third-order valence-corrected chi connectivity index (χ3v) is 6.50. The minimum absolute atomic E-state index is 0.0728. The molecule has 3 aromatic carbocycles. The Morgan fingerprint density at radius 2 is 1.68 bits per heavy atom. The number of carbonyl (C=O) groups excluding carboxylic acids is 2. The first-order chi connectivity index (χ1) is 18.5. The normalized spacial score (nSPS) is 13.9. The number of aliphatic carboxylic acids is 1. The molecule has 0 radical (unpaired) electrons. The summed E-state index contributed by atoms with van der Waals surface area (Å²) in [7, 11) is 0. The molecule has 0 atom stereocenters. The lowest BCUT2D eigenvalue weighted by molar-refractivity contribution is -0.145. The number of carbonyl (C=O) groups is 3. The van der Waals surface area contributed by atoms with Gasteiger partial charge in [-0.15, -0.1) is 0 Å². The van der Waals surface area contributed by atoms with Crippen LogP contribution in [0.2, 0.25) is 0 Å². The molecule has 2 amide bonds. The molecule has 0 spiro atoms. The van der Waals surface area contributed by atoms with Crippen LogP contribution in [0.4, 0.5) is 5.69 Å². The lowest BCUT2D eigenvalue weighted by Crippen LogP contribution is -2.39. The van der Waals surface area contributed by atoms with Gasteiger partial charge in [-0.3, -0.25) is 19.7 Å². The van der Waals surface area contributed by atoms with E-state index in [9.17, 15) is 19.5 Å². The third-order valence-electron chi connectivity index (χ3n) is 6.50. The predicted molar refractivity (Wildman–Crippen MR) is 141 cm³/mol. The molecule has 2 heterocycles. The fraction of sp³-hybridized carbons (Fsp3) is 0.241. The Kier molecular flexibility index (Phi) is 7.35. The number of guanidine groups is 1. The number of hydrogen-bond donors (Lipinski definition) is 2. The number of amides is 2. The maximum atomic E-state index is 13.4. The van der Waals surface area contributed by atoms with E-state index < -0.39 is 18.6 Å². The molecule has 2 aliphatic heterocycles. The van der Waals surface area contributed by atoms with Crippen LogP contribution >= 0.6 is 0 Å². The second-order valence-corrected chi connectivity index (χ2v) is 9.22. The van der Waals surface area contributed by atoms with Gasteiger partial charge >= 0.3 is 5.97 Å². The second kappa shape index (κ2) is 11.2. The highest BCUT2D eigenvalue weighted by Gasteiger charge is 2.30. The van der Waals surface area contributed by atoms with Gasteiger partial charge in [-0.1, -0.05) is 66.7 Å². The molecule has 0 saturated carbocycles. The molecule has 0 unspecified atom stereocenters. The van der Waals surface area contributed by atoms with E-state index >= 15 is 0 Å². The molecule has 2 N–H and O–H groups in total. The Morgan fingerprint density at radius 1 is 1.00 bits per heavy atom. The van der Waals surface area contributed by atoms with Crippen LogP contribution in [0.15, 0.2) is 83.9 Å². The Bertz CT molecular complexity index is 1320. The van der Waals surface area contributed by atoms with Crippen LogP contribution in [0.3, 0.4) is 0 Å². The highest BCUT2D eigenvalue weighted by atomic mass is 16.5. The van der Waals surface area contributed by atoms with Crippen LogP contribution in [0.5, 0.6) is 5.75 Å². The van der Waals surface area contributed by atoms with E-state index in [0.29, 0.717) is 31.2 Å². The van der Waals surface area contributed by atoms with Crippen molar-refractivity contribution in [3.63, 3.8) is 0 Å². The van der Waals surface area contributed by atoms with Crippen LogP contribution in [-0.2, 0) is 20.9 Å². The summed E-state index contributed by atoms with van der Waals surface area (Å²) in [5, 5.41) is 12.4. The third kappa shape index (κ3) is 5.67. The van der Waals surface area contributed by atoms with Crippen LogP contribution < -0.4 is 10.1 Å². The minimum atomic E-state index is -1.07. The molecule has 0 bridgehead atoms. The van der Waals surface area contributed by atoms with Crippen molar-refractivity contribution in [2.45, 2.75) is 25.4 Å². The highest BCUT2D eigenvalue weighted by molar-refractivity contribution is 6.05. The maximum absolute atomic E-state index is 13.4. The predicted octanol–water partition coefficient (Wildman–Crippen LogP) is 3.48. The van der Waals surface area contributed by atoms with E-state index in [4.69, 9.17) is 4.74 Å². The number of carboxylic acid groups (broad SMARTS) is 1. The molecular formula is C29H28N4O5. The largest absolute Gasteiger partial charge is 0.494 e. The number of carboxylic acids is 1. The van der Waals surface area contributed by atoms with E-state index in [1.807, 2.05) is 83.8 Å². The van der Waals surface area contributed by atoms with Crippen LogP contribution in [-0.4, -0.2) is 58.3 Å². The lowest BCUT2D eigenvalue weighted by atomic mass is 9.96. The van der Waals surface area contributed by atoms with E-state index in [-0.39, 0.29) is 24.8 Å². The summed E-state index contributed by atoms with van der Waals surface area (Å²) in [6, 6.07) is 24.0. The van der Waals surface area contributed by atoms with Crippen molar-refractivity contribution in [3.05, 3.63) is 95.6 Å². The number of benzene rings is 3. The summed E-state index contributed by atoms with van der Waals surface area (Å²) in [4.78, 5) is 44.6. The Hall–Kier alpha value is -4.66. The van der Waals surface area contributed by atoms with Crippen molar-refractivity contribution in [1.82, 2.24) is 15.1 Å². The van der Waals surface area contributed by atoms with Crippen molar-refractivity contribution in [2.24, 2.45) is 4.99 Å². The monoisotopic (exact) mass is 512 g/mol. The van der Waals surface area contributed by atoms with Gasteiger partial charge in [0.15, 0.2) is 0 Å². The fourth-order valence-electron chi connectivity index (χ4n) is 4.76. The fourth-order valence-corrected chi connectivity index (χ4v) is 4.76. The summed E-state index contributed by atoms with van der Waals surface area (Å²) in [5.74, 6) is -0.236. The van der Waals surface area contributed by atoms with E-state index in [2.05, 4.69) is 10.3 Å². The molecule has 194 valence electrons. The average Bonchev–Trinajstić information content (AvgIpc) is 3.28. The molecular weight excluding hydrogens is 484 g/mol. The molecule has 5 rings (SSSR count). The van der Waals surface area contributed by atoms with Crippen molar-refractivity contribution >= 4 is 29.4 Å². The Balaban J connectivity index is 1.24. The zero-order chi connectivity index (χ0) is 26.5. The van der Waals surface area contributed by atoms with Gasteiger partial charge in [0.2, 0.25) is 17.8 Å². The lowest BCUT2D eigenvalue weighted by Gasteiger charge is -2.31. The van der Waals surface area contributed by atoms with Gasteiger partial charge in [-0.2, -0.15) is 0 Å². The van der Waals surface area contributed by atoms with Crippen LogP contribution in [0.1, 0.15) is 35.6 Å². The van der Waals surface area contributed by atoms with Gasteiger partial charge in [0.25, 0.3) is 0 Å². The summed E-state index contributed by atoms with van der Waals surface area (Å²) in [6.07, 6.45) is 0.554. The number of nitrogens with zero attached hydrogens (tertiary/aromatic N) is 3. The number of aliphatic imine (C=N–C) groups is 1. The average molecular weight is 513 g/mol. The first-order valence-corrected chi connectivity index (χ1v) is 12.5. The number of ether oxygens (including phenoxy) is 1. The summed E-state index contributed by atoms with van der Waals surface area (Å²) in [5.41, 5.74) is 3.44. The van der Waals surface area contributed by atoms with Crippen LogP contribution in [0.25, 0.3) is 0 Å². The van der Waals surface area contributed by atoms with Gasteiger partial charge in [0.1, 0.15) is 18.8 Å². The van der Waals surface area contributed by atoms with Crippen molar-refractivity contribution in [2.75, 3.05) is 19.7 Å². The summed E-state index contributed by atoms with van der Waals surface area (Å²) < 4.78 is 5.89. The van der Waals surface area contributed by atoms with E-state index in [0.717, 1.165) is 22.4 Å². The standard InChI is InChI=1S/C29H28N4O5/c34-25-18-32-17-22-13-14-23(16-24(22)30-29(32)31-25)38-15-7-12-26(35)33(19-27(36)37)28(20-8-3-1-4-9-20)21-10-5-2-6-11-21/h1-6,8-11,13-14,16,28H,7,12,15,17-19H2,(H,36,37)(H,30,31,34). The van der Waals surface area contributed by atoms with Gasteiger partial charge in [0.05, 0.1) is 18.3 Å². The van der Waals surface area contributed by atoms with Gasteiger partial charge in [-0.05, 0) is 29.2 Å². The molecule has 9 nitrogen and oxygen atoms in total. The van der Waals surface area contributed by atoms with Crippen molar-refractivity contribution < 1.29 is 24.2 Å².